The highest BCUT2D eigenvalue weighted by atomic mass is 14.9. The van der Waals surface area contributed by atoms with Gasteiger partial charge in [0.05, 0.1) is 5.69 Å². The van der Waals surface area contributed by atoms with Crippen molar-refractivity contribution in [3.05, 3.63) is 42.4 Å². The highest BCUT2D eigenvalue weighted by Crippen LogP contribution is 2.27. The van der Waals surface area contributed by atoms with Crippen LogP contribution in [-0.2, 0) is 0 Å². The second-order valence-corrected chi connectivity index (χ2v) is 4.27. The van der Waals surface area contributed by atoms with E-state index in [0.717, 1.165) is 22.6 Å². The monoisotopic (exact) mass is 227 g/mol. The first-order valence-corrected chi connectivity index (χ1v) is 5.81. The number of anilines is 1. The molecule has 0 fully saturated rings. The second-order valence-electron chi connectivity index (χ2n) is 4.27. The molecular formula is C14H17N3. The van der Waals surface area contributed by atoms with Gasteiger partial charge in [0.15, 0.2) is 0 Å². The summed E-state index contributed by atoms with van der Waals surface area (Å²) in [6.45, 7) is 4.31. The van der Waals surface area contributed by atoms with Gasteiger partial charge in [0.2, 0.25) is 0 Å². The van der Waals surface area contributed by atoms with Gasteiger partial charge < -0.3 is 5.32 Å². The van der Waals surface area contributed by atoms with Crippen LogP contribution in [0.2, 0.25) is 0 Å². The van der Waals surface area contributed by atoms with E-state index in [2.05, 4.69) is 41.3 Å². The fourth-order valence-corrected chi connectivity index (χ4v) is 1.82. The molecular weight excluding hydrogens is 210 g/mol. The number of rotatable bonds is 3. The zero-order chi connectivity index (χ0) is 12.3. The molecule has 17 heavy (non-hydrogen) atoms. The summed E-state index contributed by atoms with van der Waals surface area (Å²) in [5, 5.41) is 3.02. The van der Waals surface area contributed by atoms with Gasteiger partial charge in [-0.3, -0.25) is 4.98 Å². The third-order valence-electron chi connectivity index (χ3n) is 2.72. The lowest BCUT2D eigenvalue weighted by Gasteiger charge is -2.11. The molecule has 2 aromatic heterocycles. The van der Waals surface area contributed by atoms with E-state index < -0.39 is 0 Å². The summed E-state index contributed by atoms with van der Waals surface area (Å²) in [5.74, 6) is 1.29. The summed E-state index contributed by atoms with van der Waals surface area (Å²) in [7, 11) is 1.87. The molecule has 3 heteroatoms. The minimum Gasteiger partial charge on any atom is -0.373 e. The van der Waals surface area contributed by atoms with Crippen molar-refractivity contribution in [3.8, 4) is 11.1 Å². The van der Waals surface area contributed by atoms with Crippen LogP contribution in [-0.4, -0.2) is 17.0 Å². The summed E-state index contributed by atoms with van der Waals surface area (Å²) in [6, 6.07) is 8.11. The van der Waals surface area contributed by atoms with Gasteiger partial charge in [-0.2, -0.15) is 0 Å². The van der Waals surface area contributed by atoms with Gasteiger partial charge in [-0.1, -0.05) is 19.9 Å². The topological polar surface area (TPSA) is 37.8 Å². The van der Waals surface area contributed by atoms with E-state index in [1.807, 2.05) is 31.6 Å². The fourth-order valence-electron chi connectivity index (χ4n) is 1.82. The maximum atomic E-state index is 4.45. The van der Waals surface area contributed by atoms with Gasteiger partial charge >= 0.3 is 0 Å². The lowest BCUT2D eigenvalue weighted by Crippen LogP contribution is -1.97. The molecule has 0 bridgehead atoms. The quantitative estimate of drug-likeness (QED) is 0.874. The van der Waals surface area contributed by atoms with Crippen LogP contribution in [0.4, 0.5) is 5.82 Å². The van der Waals surface area contributed by atoms with Gasteiger partial charge in [0, 0.05) is 30.6 Å². The van der Waals surface area contributed by atoms with Crippen LogP contribution in [0.5, 0.6) is 0 Å². The Morgan fingerprint density at radius 1 is 1.12 bits per heavy atom. The summed E-state index contributed by atoms with van der Waals surface area (Å²) in [4.78, 5) is 8.79. The van der Waals surface area contributed by atoms with E-state index in [4.69, 9.17) is 0 Å². The molecule has 0 saturated carbocycles. The zero-order valence-electron chi connectivity index (χ0n) is 10.4. The van der Waals surface area contributed by atoms with E-state index in [1.165, 1.54) is 0 Å². The lowest BCUT2D eigenvalue weighted by atomic mass is 9.99. The van der Waals surface area contributed by atoms with Gasteiger partial charge in [0.1, 0.15) is 5.82 Å². The summed E-state index contributed by atoms with van der Waals surface area (Å²) >= 11 is 0. The number of aromatic nitrogens is 2. The predicted molar refractivity (Wildman–Crippen MR) is 71.1 cm³/mol. The molecule has 2 rings (SSSR count). The second kappa shape index (κ2) is 4.95. The largest absolute Gasteiger partial charge is 0.373 e. The van der Waals surface area contributed by atoms with Crippen LogP contribution in [0.1, 0.15) is 25.5 Å². The van der Waals surface area contributed by atoms with Crippen molar-refractivity contribution in [2.45, 2.75) is 19.8 Å². The van der Waals surface area contributed by atoms with Crippen molar-refractivity contribution in [1.82, 2.24) is 9.97 Å². The molecule has 0 radical (unpaired) electrons. The molecule has 0 unspecified atom stereocenters. The smallest absolute Gasteiger partial charge is 0.125 e. The first kappa shape index (κ1) is 11.6. The van der Waals surface area contributed by atoms with Crippen LogP contribution in [0.25, 0.3) is 11.1 Å². The SMILES string of the molecule is CNc1ccc(-c2cccnc2C(C)C)cn1. The van der Waals surface area contributed by atoms with Crippen molar-refractivity contribution in [2.24, 2.45) is 0 Å². The van der Waals surface area contributed by atoms with Crippen molar-refractivity contribution < 1.29 is 0 Å². The molecule has 0 saturated heterocycles. The number of nitrogens with one attached hydrogen (secondary N) is 1. The van der Waals surface area contributed by atoms with Crippen LogP contribution < -0.4 is 5.32 Å². The van der Waals surface area contributed by atoms with E-state index in [9.17, 15) is 0 Å². The number of pyridine rings is 2. The molecule has 88 valence electrons. The van der Waals surface area contributed by atoms with Gasteiger partial charge in [-0.25, -0.2) is 4.98 Å². The minimum atomic E-state index is 0.412. The fraction of sp³-hybridized carbons (Fsp3) is 0.286. The molecule has 2 aromatic rings. The van der Waals surface area contributed by atoms with E-state index in [0.29, 0.717) is 5.92 Å². The number of hydrogen-bond donors (Lipinski definition) is 1. The zero-order valence-corrected chi connectivity index (χ0v) is 10.4. The van der Waals surface area contributed by atoms with Crippen LogP contribution in [0.15, 0.2) is 36.7 Å². The molecule has 0 aliphatic carbocycles. The van der Waals surface area contributed by atoms with Crippen LogP contribution in [0, 0.1) is 0 Å². The third kappa shape index (κ3) is 2.44. The summed E-state index contributed by atoms with van der Waals surface area (Å²) in [6.07, 6.45) is 3.73. The minimum absolute atomic E-state index is 0.412. The molecule has 0 aliphatic heterocycles. The predicted octanol–water partition coefficient (Wildman–Crippen LogP) is 3.31. The highest BCUT2D eigenvalue weighted by molar-refractivity contribution is 5.66. The Morgan fingerprint density at radius 2 is 1.94 bits per heavy atom. The number of nitrogens with zero attached hydrogens (tertiary/aromatic N) is 2. The normalized spacial score (nSPS) is 10.6. The molecule has 2 heterocycles. The average Bonchev–Trinajstić information content (AvgIpc) is 2.39. The Balaban J connectivity index is 2.45. The van der Waals surface area contributed by atoms with Crippen LogP contribution >= 0.6 is 0 Å². The first-order valence-electron chi connectivity index (χ1n) is 5.81. The van der Waals surface area contributed by atoms with E-state index in [1.54, 1.807) is 0 Å². The number of hydrogen-bond acceptors (Lipinski definition) is 3. The third-order valence-corrected chi connectivity index (χ3v) is 2.72. The van der Waals surface area contributed by atoms with Crippen molar-refractivity contribution in [1.29, 1.82) is 0 Å². The Hall–Kier alpha value is -1.90. The van der Waals surface area contributed by atoms with Crippen molar-refractivity contribution >= 4 is 5.82 Å². The van der Waals surface area contributed by atoms with Crippen molar-refractivity contribution in [2.75, 3.05) is 12.4 Å². The molecule has 0 aromatic carbocycles. The Bertz CT molecular complexity index is 489. The van der Waals surface area contributed by atoms with E-state index >= 15 is 0 Å². The van der Waals surface area contributed by atoms with Gasteiger partial charge in [-0.15, -0.1) is 0 Å². The standard InChI is InChI=1S/C14H17N3/c1-10(2)14-12(5-4-8-16-14)11-6-7-13(15-3)17-9-11/h4-10H,1-3H3,(H,15,17). The molecule has 1 N–H and O–H groups in total. The molecule has 0 aliphatic rings. The van der Waals surface area contributed by atoms with Gasteiger partial charge in [-0.05, 0) is 24.1 Å². The molecule has 3 nitrogen and oxygen atoms in total. The van der Waals surface area contributed by atoms with Crippen LogP contribution in [0.3, 0.4) is 0 Å². The Labute approximate surface area is 102 Å². The van der Waals surface area contributed by atoms with Gasteiger partial charge in [0.25, 0.3) is 0 Å². The average molecular weight is 227 g/mol. The molecule has 0 spiro atoms. The maximum Gasteiger partial charge on any atom is 0.125 e. The van der Waals surface area contributed by atoms with E-state index in [-0.39, 0.29) is 0 Å². The first-order chi connectivity index (χ1) is 8.22. The molecule has 0 amide bonds. The maximum absolute atomic E-state index is 4.45. The molecule has 0 atom stereocenters. The highest BCUT2D eigenvalue weighted by Gasteiger charge is 2.09. The lowest BCUT2D eigenvalue weighted by molar-refractivity contribution is 0.825. The Morgan fingerprint density at radius 3 is 2.53 bits per heavy atom. The Kier molecular flexibility index (Phi) is 3.38. The summed E-state index contributed by atoms with van der Waals surface area (Å²) < 4.78 is 0. The summed E-state index contributed by atoms with van der Waals surface area (Å²) in [5.41, 5.74) is 3.39. The van der Waals surface area contributed by atoms with Crippen molar-refractivity contribution in [3.63, 3.8) is 0 Å².